The first-order valence-corrected chi connectivity index (χ1v) is 8.96. The number of hydrogen-bond acceptors (Lipinski definition) is 6. The van der Waals surface area contributed by atoms with Gasteiger partial charge in [-0.3, -0.25) is 9.59 Å². The van der Waals surface area contributed by atoms with E-state index >= 15 is 0 Å². The summed E-state index contributed by atoms with van der Waals surface area (Å²) >= 11 is 6.96. The summed E-state index contributed by atoms with van der Waals surface area (Å²) in [4.78, 5) is 25.8. The van der Waals surface area contributed by atoms with Crippen LogP contribution in [0.25, 0.3) is 0 Å². The molecule has 4 aliphatic carbocycles. The minimum atomic E-state index is -1.50. The van der Waals surface area contributed by atoms with Gasteiger partial charge in [-0.05, 0) is 6.08 Å². The molecule has 2 bridgehead atoms. The molecule has 1 fully saturated rings. The average Bonchev–Trinajstić information content (AvgIpc) is 2.57. The summed E-state index contributed by atoms with van der Waals surface area (Å²) in [5, 5.41) is 0. The molecule has 0 N–H and O–H groups in total. The van der Waals surface area contributed by atoms with Gasteiger partial charge in [0.25, 0.3) is 0 Å². The standard InChI is InChI=1S/C16H18Br2O6/c1-21-15(22-2)7-5-8(17)12(14(15)20)11-9(18)6-10(19)16(23-3,24-4)13(7)11/h5-7,11-13H,1-4H3/t7-,11-,12+,13+/m1/s1. The van der Waals surface area contributed by atoms with Crippen LogP contribution in [-0.4, -0.2) is 51.6 Å². The third-order valence-electron chi connectivity index (χ3n) is 5.42. The van der Waals surface area contributed by atoms with Gasteiger partial charge in [0, 0.05) is 55.2 Å². The first kappa shape index (κ1) is 18.4. The molecule has 0 aliphatic heterocycles. The summed E-state index contributed by atoms with van der Waals surface area (Å²) in [6.07, 6.45) is 3.30. The van der Waals surface area contributed by atoms with Crippen LogP contribution in [0.5, 0.6) is 0 Å². The van der Waals surface area contributed by atoms with Crippen LogP contribution in [0.1, 0.15) is 0 Å². The molecule has 0 aromatic carbocycles. The number of ether oxygens (including phenoxy) is 4. The summed E-state index contributed by atoms with van der Waals surface area (Å²) in [6, 6.07) is 0. The molecule has 0 saturated heterocycles. The van der Waals surface area contributed by atoms with E-state index < -0.39 is 29.3 Å². The van der Waals surface area contributed by atoms with Crippen molar-refractivity contribution < 1.29 is 28.5 Å². The Morgan fingerprint density at radius 1 is 0.917 bits per heavy atom. The van der Waals surface area contributed by atoms with Gasteiger partial charge in [-0.25, -0.2) is 0 Å². The van der Waals surface area contributed by atoms with Gasteiger partial charge in [0.15, 0.2) is 0 Å². The number of Topliss-reactive ketones (excluding diaryl/α,β-unsaturated/α-hetero) is 1. The van der Waals surface area contributed by atoms with Crippen molar-refractivity contribution in [3.8, 4) is 0 Å². The molecular formula is C16H18Br2O6. The Hall–Kier alpha value is -0.380. The molecule has 132 valence electrons. The second-order valence-corrected chi connectivity index (χ2v) is 7.85. The Morgan fingerprint density at radius 2 is 1.46 bits per heavy atom. The van der Waals surface area contributed by atoms with Gasteiger partial charge in [0.05, 0.1) is 5.92 Å². The molecule has 1 saturated carbocycles. The van der Waals surface area contributed by atoms with E-state index in [1.165, 1.54) is 34.5 Å². The van der Waals surface area contributed by atoms with Gasteiger partial charge < -0.3 is 18.9 Å². The highest BCUT2D eigenvalue weighted by atomic mass is 79.9. The third kappa shape index (κ3) is 2.01. The van der Waals surface area contributed by atoms with Gasteiger partial charge in [0.1, 0.15) is 0 Å². The smallest absolute Gasteiger partial charge is 0.236 e. The van der Waals surface area contributed by atoms with E-state index in [-0.39, 0.29) is 17.5 Å². The van der Waals surface area contributed by atoms with E-state index in [4.69, 9.17) is 18.9 Å². The van der Waals surface area contributed by atoms with E-state index in [1.54, 1.807) is 0 Å². The number of rotatable bonds is 4. The second-order valence-electron chi connectivity index (χ2n) is 6.02. The molecule has 24 heavy (non-hydrogen) atoms. The van der Waals surface area contributed by atoms with Crippen LogP contribution < -0.4 is 0 Å². The molecule has 4 aliphatic rings. The quantitative estimate of drug-likeness (QED) is 0.592. The number of methoxy groups -OCH3 is 4. The highest BCUT2D eigenvalue weighted by Gasteiger charge is 2.71. The highest BCUT2D eigenvalue weighted by molar-refractivity contribution is 9.12. The Bertz CT molecular complexity index is 647. The Balaban J connectivity index is 2.28. The predicted molar refractivity (Wildman–Crippen MR) is 91.5 cm³/mol. The molecule has 0 aromatic rings. The maximum Gasteiger partial charge on any atom is 0.236 e. The first-order valence-electron chi connectivity index (χ1n) is 7.38. The molecule has 0 spiro atoms. The number of halogens is 2. The van der Waals surface area contributed by atoms with Crippen molar-refractivity contribution in [2.24, 2.45) is 23.7 Å². The number of allylic oxidation sites excluding steroid dienone is 2. The summed E-state index contributed by atoms with van der Waals surface area (Å²) in [7, 11) is 5.71. The lowest BCUT2D eigenvalue weighted by Gasteiger charge is -2.58. The van der Waals surface area contributed by atoms with Gasteiger partial charge >= 0.3 is 0 Å². The van der Waals surface area contributed by atoms with Crippen molar-refractivity contribution in [3.63, 3.8) is 0 Å². The zero-order chi connectivity index (χ0) is 17.9. The maximum absolute atomic E-state index is 13.1. The molecule has 6 nitrogen and oxygen atoms in total. The number of carbonyl (C=O) groups is 2. The summed E-state index contributed by atoms with van der Waals surface area (Å²) in [6.45, 7) is 0. The van der Waals surface area contributed by atoms with E-state index in [0.717, 1.165) is 4.48 Å². The zero-order valence-corrected chi connectivity index (χ0v) is 16.8. The molecule has 0 amide bonds. The summed E-state index contributed by atoms with van der Waals surface area (Å²) < 4.78 is 23.6. The minimum absolute atomic E-state index is 0.186. The van der Waals surface area contributed by atoms with E-state index in [2.05, 4.69) is 31.9 Å². The lowest BCUT2D eigenvalue weighted by molar-refractivity contribution is -0.295. The van der Waals surface area contributed by atoms with Gasteiger partial charge in [-0.2, -0.15) is 0 Å². The fraction of sp³-hybridized carbons (Fsp3) is 0.625. The van der Waals surface area contributed by atoms with E-state index in [0.29, 0.717) is 4.48 Å². The molecular weight excluding hydrogens is 448 g/mol. The van der Waals surface area contributed by atoms with Crippen LogP contribution in [0.3, 0.4) is 0 Å². The van der Waals surface area contributed by atoms with Crippen molar-refractivity contribution in [3.05, 3.63) is 21.1 Å². The highest BCUT2D eigenvalue weighted by Crippen LogP contribution is 2.61. The Kier molecular flexibility index (Phi) is 4.68. The number of carbonyl (C=O) groups excluding carboxylic acids is 2. The van der Waals surface area contributed by atoms with Crippen LogP contribution in [-0.2, 0) is 28.5 Å². The molecule has 4 atom stereocenters. The zero-order valence-electron chi connectivity index (χ0n) is 13.7. The minimum Gasteiger partial charge on any atom is -0.347 e. The predicted octanol–water partition coefficient (Wildman–Crippen LogP) is 2.17. The largest absolute Gasteiger partial charge is 0.347 e. The van der Waals surface area contributed by atoms with Gasteiger partial charge in [-0.1, -0.05) is 37.9 Å². The van der Waals surface area contributed by atoms with Crippen LogP contribution in [0.15, 0.2) is 21.1 Å². The lowest BCUT2D eigenvalue weighted by Crippen LogP contribution is -2.70. The SMILES string of the molecule is COC1(OC)C(=O)C=C(Br)[C@@H]2[C@H]3C(=O)C(OC)(OC)[C@H](C=C3Br)[C@@H]21. The fourth-order valence-electron chi connectivity index (χ4n) is 4.40. The van der Waals surface area contributed by atoms with Gasteiger partial charge in [-0.15, -0.1) is 0 Å². The van der Waals surface area contributed by atoms with Crippen LogP contribution in [0.2, 0.25) is 0 Å². The van der Waals surface area contributed by atoms with E-state index in [1.807, 2.05) is 6.08 Å². The second kappa shape index (κ2) is 6.10. The van der Waals surface area contributed by atoms with Gasteiger partial charge in [0.2, 0.25) is 23.1 Å². The lowest BCUT2D eigenvalue weighted by atomic mass is 9.54. The van der Waals surface area contributed by atoms with Crippen LogP contribution >= 0.6 is 31.9 Å². The number of ketones is 2. The van der Waals surface area contributed by atoms with Crippen LogP contribution in [0, 0.1) is 23.7 Å². The Labute approximate surface area is 156 Å². The summed E-state index contributed by atoms with van der Waals surface area (Å²) in [5.74, 6) is -5.38. The molecule has 0 unspecified atom stereocenters. The molecule has 0 heterocycles. The third-order valence-corrected chi connectivity index (χ3v) is 6.93. The van der Waals surface area contributed by atoms with E-state index in [9.17, 15) is 9.59 Å². The molecule has 0 aromatic heterocycles. The van der Waals surface area contributed by atoms with Crippen molar-refractivity contribution in [1.82, 2.24) is 0 Å². The van der Waals surface area contributed by atoms with Crippen LogP contribution in [0.4, 0.5) is 0 Å². The number of fused-ring (bicyclic) bond motifs is 1. The number of hydrogen-bond donors (Lipinski definition) is 0. The van der Waals surface area contributed by atoms with Crippen molar-refractivity contribution >= 4 is 43.4 Å². The molecule has 4 rings (SSSR count). The Morgan fingerprint density at radius 3 is 1.96 bits per heavy atom. The van der Waals surface area contributed by atoms with Crippen molar-refractivity contribution in [2.75, 3.05) is 28.4 Å². The fourth-order valence-corrected chi connectivity index (χ4v) is 5.93. The van der Waals surface area contributed by atoms with Crippen molar-refractivity contribution in [1.29, 1.82) is 0 Å². The molecule has 8 heteroatoms. The monoisotopic (exact) mass is 464 g/mol. The normalized spacial score (nSPS) is 36.2. The topological polar surface area (TPSA) is 71.1 Å². The maximum atomic E-state index is 13.1. The summed E-state index contributed by atoms with van der Waals surface area (Å²) in [5.41, 5.74) is 0. The first-order chi connectivity index (χ1) is 11.3. The van der Waals surface area contributed by atoms with Crippen molar-refractivity contribution in [2.45, 2.75) is 11.6 Å². The molecule has 0 radical (unpaired) electrons. The average molecular weight is 466 g/mol.